The van der Waals surface area contributed by atoms with Crippen molar-refractivity contribution in [2.45, 2.75) is 6.92 Å². The monoisotopic (exact) mass is 409 g/mol. The van der Waals surface area contributed by atoms with Gasteiger partial charge in [-0.3, -0.25) is 9.59 Å². The second-order valence-corrected chi connectivity index (χ2v) is 5.98. The zero-order valence-electron chi connectivity index (χ0n) is 15.3. The van der Waals surface area contributed by atoms with Crippen molar-refractivity contribution in [3.63, 3.8) is 0 Å². The summed E-state index contributed by atoms with van der Waals surface area (Å²) in [5, 5.41) is 2.52. The fourth-order valence-corrected chi connectivity index (χ4v) is 2.64. The Labute approximate surface area is 165 Å². The summed E-state index contributed by atoms with van der Waals surface area (Å²) in [5.41, 5.74) is -0.0253. The summed E-state index contributed by atoms with van der Waals surface area (Å²) in [6.07, 6.45) is 0. The molecule has 0 radical (unpaired) electrons. The lowest BCUT2D eigenvalue weighted by Gasteiger charge is -2.11. The predicted octanol–water partition coefficient (Wildman–Crippen LogP) is 3.49. The van der Waals surface area contributed by atoms with Crippen molar-refractivity contribution in [1.29, 1.82) is 0 Å². The second-order valence-electron chi connectivity index (χ2n) is 5.57. The van der Waals surface area contributed by atoms with Gasteiger partial charge in [-0.2, -0.15) is 0 Å². The van der Waals surface area contributed by atoms with Crippen molar-refractivity contribution in [2.75, 3.05) is 26.1 Å². The highest BCUT2D eigenvalue weighted by atomic mass is 35.5. The van der Waals surface area contributed by atoms with Gasteiger partial charge in [0, 0.05) is 12.6 Å². The topological polar surface area (TPSA) is 90.9 Å². The predicted molar refractivity (Wildman–Crippen MR) is 99.9 cm³/mol. The second kappa shape index (κ2) is 9.18. The van der Waals surface area contributed by atoms with Gasteiger partial charge >= 0.3 is 5.97 Å². The number of hydrogen-bond acceptors (Lipinski definition) is 6. The molecule has 0 saturated heterocycles. The van der Waals surface area contributed by atoms with Crippen LogP contribution in [0.5, 0.6) is 11.5 Å². The Morgan fingerprint density at radius 2 is 1.82 bits per heavy atom. The number of hydrogen-bond donors (Lipinski definition) is 1. The summed E-state index contributed by atoms with van der Waals surface area (Å²) >= 11 is 6.03. The van der Waals surface area contributed by atoms with Crippen LogP contribution in [-0.2, 0) is 9.53 Å². The fourth-order valence-electron chi connectivity index (χ4n) is 2.35. The molecule has 2 aromatic rings. The van der Waals surface area contributed by atoms with Gasteiger partial charge in [-0.05, 0) is 30.3 Å². The number of rotatable bonds is 7. The number of carbonyl (C=O) groups excluding carboxylic acids is 3. The van der Waals surface area contributed by atoms with Crippen LogP contribution in [0.3, 0.4) is 0 Å². The van der Waals surface area contributed by atoms with Crippen molar-refractivity contribution < 1.29 is 33.0 Å². The molecule has 0 aliphatic rings. The van der Waals surface area contributed by atoms with E-state index in [0.29, 0.717) is 0 Å². The standard InChI is InChI=1S/C19H17ClFNO6/c1-10(23)22-12-4-5-13(15(21)8-12)16(24)9-28-19(25)11-6-14(20)18(27-3)17(7-11)26-2/h4-8H,9H2,1-3H3,(H,22,23). The van der Waals surface area contributed by atoms with Gasteiger partial charge in [0.1, 0.15) is 5.82 Å². The van der Waals surface area contributed by atoms with E-state index in [1.54, 1.807) is 0 Å². The van der Waals surface area contributed by atoms with Crippen LogP contribution in [0.2, 0.25) is 5.02 Å². The Kier molecular flexibility index (Phi) is 6.94. The third kappa shape index (κ3) is 4.98. The summed E-state index contributed by atoms with van der Waals surface area (Å²) in [5.74, 6) is -2.34. The van der Waals surface area contributed by atoms with E-state index >= 15 is 0 Å². The Morgan fingerprint density at radius 1 is 1.11 bits per heavy atom. The molecule has 0 unspecified atom stereocenters. The Balaban J connectivity index is 2.09. The van der Waals surface area contributed by atoms with E-state index in [2.05, 4.69) is 5.32 Å². The van der Waals surface area contributed by atoms with E-state index in [1.807, 2.05) is 0 Å². The third-order valence-corrected chi connectivity index (χ3v) is 3.87. The molecule has 2 aromatic carbocycles. The first-order chi connectivity index (χ1) is 13.3. The van der Waals surface area contributed by atoms with Gasteiger partial charge in [0.25, 0.3) is 0 Å². The quantitative estimate of drug-likeness (QED) is 0.556. The molecule has 0 spiro atoms. The van der Waals surface area contributed by atoms with E-state index in [4.69, 9.17) is 25.8 Å². The van der Waals surface area contributed by atoms with Crippen LogP contribution in [0.25, 0.3) is 0 Å². The maximum absolute atomic E-state index is 14.1. The summed E-state index contributed by atoms with van der Waals surface area (Å²) in [7, 11) is 2.77. The average Bonchev–Trinajstić information content (AvgIpc) is 2.64. The highest BCUT2D eigenvalue weighted by Crippen LogP contribution is 2.36. The van der Waals surface area contributed by atoms with Crippen LogP contribution in [0.15, 0.2) is 30.3 Å². The number of Topliss-reactive ketones (excluding diaryl/α,β-unsaturated/α-hetero) is 1. The minimum absolute atomic E-state index is 0.0388. The van der Waals surface area contributed by atoms with Crippen molar-refractivity contribution in [3.05, 3.63) is 52.3 Å². The number of nitrogens with one attached hydrogen (secondary N) is 1. The van der Waals surface area contributed by atoms with Crippen LogP contribution in [0, 0.1) is 5.82 Å². The minimum Gasteiger partial charge on any atom is -0.493 e. The molecule has 2 rings (SSSR count). The number of carbonyl (C=O) groups is 3. The van der Waals surface area contributed by atoms with Gasteiger partial charge in [0.05, 0.1) is 30.4 Å². The molecular formula is C19H17ClFNO6. The van der Waals surface area contributed by atoms with Crippen LogP contribution in [-0.4, -0.2) is 38.5 Å². The number of anilines is 1. The molecule has 7 nitrogen and oxygen atoms in total. The molecular weight excluding hydrogens is 393 g/mol. The van der Waals surface area contributed by atoms with Gasteiger partial charge in [-0.15, -0.1) is 0 Å². The molecule has 0 aliphatic carbocycles. The first-order valence-corrected chi connectivity index (χ1v) is 8.33. The lowest BCUT2D eigenvalue weighted by Crippen LogP contribution is -2.16. The number of halogens is 2. The molecule has 0 atom stereocenters. The highest BCUT2D eigenvalue weighted by molar-refractivity contribution is 6.32. The van der Waals surface area contributed by atoms with Crippen molar-refractivity contribution in [1.82, 2.24) is 0 Å². The molecule has 0 aromatic heterocycles. The summed E-state index contributed by atoms with van der Waals surface area (Å²) in [6.45, 7) is 0.595. The first kappa shape index (κ1) is 21.2. The van der Waals surface area contributed by atoms with E-state index in [9.17, 15) is 18.8 Å². The average molecular weight is 410 g/mol. The zero-order valence-corrected chi connectivity index (χ0v) is 16.1. The zero-order chi connectivity index (χ0) is 20.8. The van der Waals surface area contributed by atoms with Crippen molar-refractivity contribution in [3.8, 4) is 11.5 Å². The third-order valence-electron chi connectivity index (χ3n) is 3.59. The fraction of sp³-hybridized carbons (Fsp3) is 0.211. The largest absolute Gasteiger partial charge is 0.493 e. The molecule has 9 heteroatoms. The smallest absolute Gasteiger partial charge is 0.338 e. The molecule has 0 aliphatic heterocycles. The van der Waals surface area contributed by atoms with E-state index in [0.717, 1.165) is 6.07 Å². The molecule has 0 heterocycles. The Bertz CT molecular complexity index is 931. The molecule has 0 saturated carbocycles. The normalized spacial score (nSPS) is 10.2. The Morgan fingerprint density at radius 3 is 2.39 bits per heavy atom. The number of methoxy groups -OCH3 is 2. The van der Waals surface area contributed by atoms with Gasteiger partial charge in [0.15, 0.2) is 18.1 Å². The van der Waals surface area contributed by atoms with Gasteiger partial charge in [-0.25, -0.2) is 9.18 Å². The van der Waals surface area contributed by atoms with Crippen LogP contribution in [0.1, 0.15) is 27.6 Å². The maximum Gasteiger partial charge on any atom is 0.338 e. The van der Waals surface area contributed by atoms with Crippen LogP contribution >= 0.6 is 11.6 Å². The van der Waals surface area contributed by atoms with E-state index in [-0.39, 0.29) is 39.2 Å². The first-order valence-electron chi connectivity index (χ1n) is 7.95. The molecule has 28 heavy (non-hydrogen) atoms. The number of ether oxygens (including phenoxy) is 3. The molecule has 0 fully saturated rings. The molecule has 1 amide bonds. The molecule has 1 N–H and O–H groups in total. The summed E-state index contributed by atoms with van der Waals surface area (Å²) < 4.78 is 29.2. The van der Waals surface area contributed by atoms with Crippen molar-refractivity contribution in [2.24, 2.45) is 0 Å². The number of ketones is 1. The van der Waals surface area contributed by atoms with Crippen LogP contribution in [0.4, 0.5) is 10.1 Å². The maximum atomic E-state index is 14.1. The molecule has 148 valence electrons. The summed E-state index contributed by atoms with van der Waals surface area (Å²) in [6, 6.07) is 6.22. The van der Waals surface area contributed by atoms with Gasteiger partial charge in [0.2, 0.25) is 11.7 Å². The van der Waals surface area contributed by atoms with Gasteiger partial charge < -0.3 is 19.5 Å². The highest BCUT2D eigenvalue weighted by Gasteiger charge is 2.19. The lowest BCUT2D eigenvalue weighted by atomic mass is 10.1. The van der Waals surface area contributed by atoms with Crippen LogP contribution < -0.4 is 14.8 Å². The van der Waals surface area contributed by atoms with Gasteiger partial charge in [-0.1, -0.05) is 11.6 Å². The van der Waals surface area contributed by atoms with E-state index in [1.165, 1.54) is 45.4 Å². The van der Waals surface area contributed by atoms with E-state index < -0.39 is 24.2 Å². The summed E-state index contributed by atoms with van der Waals surface area (Å²) in [4.78, 5) is 35.3. The Hall–Kier alpha value is -3.13. The molecule has 0 bridgehead atoms. The number of esters is 1. The number of benzene rings is 2. The lowest BCUT2D eigenvalue weighted by molar-refractivity contribution is -0.114. The number of amides is 1. The minimum atomic E-state index is -0.846. The van der Waals surface area contributed by atoms with Crippen molar-refractivity contribution >= 4 is 34.9 Å². The SMILES string of the molecule is COc1cc(C(=O)OCC(=O)c2ccc(NC(C)=O)cc2F)cc(Cl)c1OC.